The smallest absolute Gasteiger partial charge is 0.335 e. The van der Waals surface area contributed by atoms with Gasteiger partial charge in [0, 0.05) is 30.0 Å². The Morgan fingerprint density at radius 3 is 2.64 bits per heavy atom. The van der Waals surface area contributed by atoms with E-state index in [-0.39, 0.29) is 17.4 Å². The fraction of sp³-hybridized carbons (Fsp3) is 0.467. The second kappa shape index (κ2) is 7.71. The lowest BCUT2D eigenvalue weighted by molar-refractivity contribution is -0.154. The standard InChI is InChI=1S/C15H19BrN2O4/c1-22-18-6-4-10(5-7-18)14(19)17-9-12-3-2-11(15(20)21)8-13(12)16/h2-3,8,10H,4-7,9H2,1H3,(H,17,19)(H,20,21). The van der Waals surface area contributed by atoms with E-state index < -0.39 is 5.97 Å². The summed E-state index contributed by atoms with van der Waals surface area (Å²) >= 11 is 3.34. The quantitative estimate of drug-likeness (QED) is 0.828. The molecule has 0 atom stereocenters. The Bertz CT molecular complexity index is 556. The first-order valence-corrected chi connectivity index (χ1v) is 7.89. The summed E-state index contributed by atoms with van der Waals surface area (Å²) in [5, 5.41) is 13.7. The van der Waals surface area contributed by atoms with Gasteiger partial charge in [0.25, 0.3) is 0 Å². The zero-order valence-corrected chi connectivity index (χ0v) is 13.9. The number of nitrogens with one attached hydrogen (secondary N) is 1. The molecule has 2 rings (SSSR count). The Kier molecular flexibility index (Phi) is 5.93. The van der Waals surface area contributed by atoms with E-state index in [2.05, 4.69) is 21.2 Å². The van der Waals surface area contributed by atoms with Crippen molar-refractivity contribution >= 4 is 27.8 Å². The average Bonchev–Trinajstić information content (AvgIpc) is 2.53. The number of amides is 1. The van der Waals surface area contributed by atoms with Gasteiger partial charge in [-0.2, -0.15) is 5.06 Å². The first-order chi connectivity index (χ1) is 10.5. The molecule has 1 aromatic rings. The Morgan fingerprint density at radius 2 is 2.09 bits per heavy atom. The van der Waals surface area contributed by atoms with Crippen LogP contribution in [0.1, 0.15) is 28.8 Å². The van der Waals surface area contributed by atoms with Crippen LogP contribution in [0.2, 0.25) is 0 Å². The fourth-order valence-corrected chi connectivity index (χ4v) is 2.97. The van der Waals surface area contributed by atoms with Gasteiger partial charge in [-0.25, -0.2) is 4.79 Å². The third-order valence-electron chi connectivity index (χ3n) is 3.84. The van der Waals surface area contributed by atoms with Crippen molar-refractivity contribution in [2.45, 2.75) is 19.4 Å². The van der Waals surface area contributed by atoms with E-state index in [1.807, 2.05) is 5.06 Å². The molecule has 2 N–H and O–H groups in total. The molecule has 0 bridgehead atoms. The molecule has 0 aromatic heterocycles. The Morgan fingerprint density at radius 1 is 1.41 bits per heavy atom. The van der Waals surface area contributed by atoms with Gasteiger partial charge in [-0.15, -0.1) is 0 Å². The van der Waals surface area contributed by atoms with E-state index >= 15 is 0 Å². The van der Waals surface area contributed by atoms with E-state index in [1.54, 1.807) is 19.2 Å². The maximum absolute atomic E-state index is 12.2. The molecular weight excluding hydrogens is 352 g/mol. The lowest BCUT2D eigenvalue weighted by Crippen LogP contribution is -2.39. The summed E-state index contributed by atoms with van der Waals surface area (Å²) in [6.45, 7) is 1.89. The minimum atomic E-state index is -0.971. The van der Waals surface area contributed by atoms with E-state index in [0.29, 0.717) is 11.0 Å². The maximum Gasteiger partial charge on any atom is 0.335 e. The number of carboxylic acid groups (broad SMARTS) is 1. The number of carboxylic acids is 1. The third-order valence-corrected chi connectivity index (χ3v) is 4.57. The topological polar surface area (TPSA) is 78.9 Å². The molecule has 6 nitrogen and oxygen atoms in total. The van der Waals surface area contributed by atoms with Crippen molar-refractivity contribution < 1.29 is 19.5 Å². The van der Waals surface area contributed by atoms with Gasteiger partial charge in [0.2, 0.25) is 5.91 Å². The molecule has 1 aliphatic rings. The monoisotopic (exact) mass is 370 g/mol. The molecule has 1 amide bonds. The summed E-state index contributed by atoms with van der Waals surface area (Å²) in [4.78, 5) is 28.2. The Balaban J connectivity index is 1.87. The van der Waals surface area contributed by atoms with Crippen LogP contribution >= 0.6 is 15.9 Å². The van der Waals surface area contributed by atoms with Gasteiger partial charge < -0.3 is 15.3 Å². The van der Waals surface area contributed by atoms with Crippen LogP contribution in [0.15, 0.2) is 22.7 Å². The maximum atomic E-state index is 12.2. The number of hydrogen-bond donors (Lipinski definition) is 2. The SMILES string of the molecule is CON1CCC(C(=O)NCc2ccc(C(=O)O)cc2Br)CC1. The van der Waals surface area contributed by atoms with Gasteiger partial charge in [0.05, 0.1) is 12.7 Å². The Labute approximate surface area is 137 Å². The van der Waals surface area contributed by atoms with Gasteiger partial charge >= 0.3 is 5.97 Å². The van der Waals surface area contributed by atoms with Gasteiger partial charge in [-0.3, -0.25) is 4.79 Å². The first-order valence-electron chi connectivity index (χ1n) is 7.09. The molecule has 1 fully saturated rings. The number of nitrogens with zero attached hydrogens (tertiary/aromatic N) is 1. The number of piperidine rings is 1. The minimum Gasteiger partial charge on any atom is -0.478 e. The summed E-state index contributed by atoms with van der Waals surface area (Å²) in [7, 11) is 1.64. The number of benzene rings is 1. The zero-order valence-electron chi connectivity index (χ0n) is 12.3. The van der Waals surface area contributed by atoms with E-state index in [0.717, 1.165) is 31.5 Å². The first kappa shape index (κ1) is 16.9. The largest absolute Gasteiger partial charge is 0.478 e. The predicted molar refractivity (Wildman–Crippen MR) is 84.3 cm³/mol. The molecule has 0 unspecified atom stereocenters. The number of halogens is 1. The third kappa shape index (κ3) is 4.28. The molecule has 0 spiro atoms. The molecule has 7 heteroatoms. The van der Waals surface area contributed by atoms with Crippen LogP contribution in [0.3, 0.4) is 0 Å². The molecular formula is C15H19BrN2O4. The van der Waals surface area contributed by atoms with Crippen LogP contribution in [0.25, 0.3) is 0 Å². The lowest BCUT2D eigenvalue weighted by atomic mass is 9.97. The van der Waals surface area contributed by atoms with Gasteiger partial charge in [-0.1, -0.05) is 22.0 Å². The van der Waals surface area contributed by atoms with E-state index in [9.17, 15) is 9.59 Å². The highest BCUT2D eigenvalue weighted by molar-refractivity contribution is 9.10. The van der Waals surface area contributed by atoms with E-state index in [4.69, 9.17) is 9.94 Å². The molecule has 1 aliphatic heterocycles. The van der Waals surface area contributed by atoms with Crippen LogP contribution in [0.4, 0.5) is 0 Å². The summed E-state index contributed by atoms with van der Waals surface area (Å²) in [6, 6.07) is 4.79. The molecule has 0 aliphatic carbocycles. The predicted octanol–water partition coefficient (Wildman–Crippen LogP) is 2.04. The molecule has 1 heterocycles. The van der Waals surface area contributed by atoms with Crippen molar-refractivity contribution in [2.75, 3.05) is 20.2 Å². The van der Waals surface area contributed by atoms with Crippen LogP contribution in [0.5, 0.6) is 0 Å². The number of aromatic carboxylic acids is 1. The van der Waals surface area contributed by atoms with Gasteiger partial charge in [-0.05, 0) is 30.5 Å². The van der Waals surface area contributed by atoms with Crippen LogP contribution in [0, 0.1) is 5.92 Å². The lowest BCUT2D eigenvalue weighted by Gasteiger charge is -2.29. The molecule has 0 saturated carbocycles. The average molecular weight is 371 g/mol. The number of carbonyl (C=O) groups is 2. The molecule has 22 heavy (non-hydrogen) atoms. The number of hydroxylamine groups is 2. The van der Waals surface area contributed by atoms with Crippen molar-refractivity contribution in [1.29, 1.82) is 0 Å². The highest BCUT2D eigenvalue weighted by Gasteiger charge is 2.24. The minimum absolute atomic E-state index is 0.00321. The van der Waals surface area contributed by atoms with Crippen LogP contribution in [-0.2, 0) is 16.2 Å². The van der Waals surface area contributed by atoms with Crippen molar-refractivity contribution in [2.24, 2.45) is 5.92 Å². The summed E-state index contributed by atoms with van der Waals surface area (Å²) in [6.07, 6.45) is 1.55. The highest BCUT2D eigenvalue weighted by atomic mass is 79.9. The number of rotatable bonds is 5. The second-order valence-corrected chi connectivity index (χ2v) is 6.07. The normalized spacial score (nSPS) is 16.5. The highest BCUT2D eigenvalue weighted by Crippen LogP contribution is 2.20. The summed E-state index contributed by atoms with van der Waals surface area (Å²) < 4.78 is 0.682. The van der Waals surface area contributed by atoms with Crippen molar-refractivity contribution in [3.8, 4) is 0 Å². The summed E-state index contributed by atoms with van der Waals surface area (Å²) in [5.74, 6) is -0.936. The second-order valence-electron chi connectivity index (χ2n) is 5.22. The molecule has 1 aromatic carbocycles. The Hall–Kier alpha value is -1.44. The van der Waals surface area contributed by atoms with Crippen LogP contribution < -0.4 is 5.32 Å². The number of carbonyl (C=O) groups excluding carboxylic acids is 1. The van der Waals surface area contributed by atoms with E-state index in [1.165, 1.54) is 6.07 Å². The van der Waals surface area contributed by atoms with Crippen LogP contribution in [-0.4, -0.2) is 42.2 Å². The molecule has 0 radical (unpaired) electrons. The zero-order chi connectivity index (χ0) is 16.1. The molecule has 120 valence electrons. The van der Waals surface area contributed by atoms with Crippen molar-refractivity contribution in [3.05, 3.63) is 33.8 Å². The van der Waals surface area contributed by atoms with Crippen molar-refractivity contribution in [3.63, 3.8) is 0 Å². The van der Waals surface area contributed by atoms with Gasteiger partial charge in [0.15, 0.2) is 0 Å². The number of hydrogen-bond acceptors (Lipinski definition) is 4. The molecule has 1 saturated heterocycles. The fourth-order valence-electron chi connectivity index (χ4n) is 2.45. The van der Waals surface area contributed by atoms with Crippen molar-refractivity contribution in [1.82, 2.24) is 10.4 Å². The summed E-state index contributed by atoms with van der Waals surface area (Å²) in [5.41, 5.74) is 1.07. The van der Waals surface area contributed by atoms with Gasteiger partial charge in [0.1, 0.15) is 0 Å².